The average Bonchev–Trinajstić information content (AvgIpc) is 3.15. The summed E-state index contributed by atoms with van der Waals surface area (Å²) in [5, 5.41) is 12.3. The number of tetrazole rings is 1. The van der Waals surface area contributed by atoms with E-state index in [4.69, 9.17) is 4.74 Å². The first-order valence-electron chi connectivity index (χ1n) is 8.84. The number of ether oxygens (including phenoxy) is 1. The molecule has 2 aromatic rings. The zero-order chi connectivity index (χ0) is 18.5. The Hall–Kier alpha value is -2.13. The molecule has 0 spiro atoms. The first kappa shape index (κ1) is 18.7. The second-order valence-corrected chi connectivity index (χ2v) is 7.57. The van der Waals surface area contributed by atoms with E-state index in [1.54, 1.807) is 16.7 Å². The van der Waals surface area contributed by atoms with Gasteiger partial charge in [0.05, 0.1) is 50.8 Å². The first-order chi connectivity index (χ1) is 12.6. The highest BCUT2D eigenvalue weighted by molar-refractivity contribution is 8.00. The number of rotatable bonds is 6. The van der Waals surface area contributed by atoms with Crippen LogP contribution in [0.3, 0.4) is 0 Å². The lowest BCUT2D eigenvalue weighted by Gasteiger charge is -2.32. The summed E-state index contributed by atoms with van der Waals surface area (Å²) >= 11 is 1.39. The van der Waals surface area contributed by atoms with Crippen LogP contribution < -0.4 is 9.64 Å². The topological polar surface area (TPSA) is 77.6 Å². The van der Waals surface area contributed by atoms with Crippen LogP contribution in [0.2, 0.25) is 0 Å². The summed E-state index contributed by atoms with van der Waals surface area (Å²) in [7, 11) is 1.63. The highest BCUT2D eigenvalue weighted by Gasteiger charge is 2.28. The van der Waals surface area contributed by atoms with Crippen molar-refractivity contribution < 1.29 is 14.4 Å². The van der Waals surface area contributed by atoms with E-state index in [1.165, 1.54) is 11.8 Å². The molecule has 3 rings (SSSR count). The Labute approximate surface area is 157 Å². The highest BCUT2D eigenvalue weighted by atomic mass is 32.2. The number of aromatic nitrogens is 4. The van der Waals surface area contributed by atoms with Crippen LogP contribution in [0.25, 0.3) is 5.69 Å². The van der Waals surface area contributed by atoms with Crippen molar-refractivity contribution in [2.75, 3.05) is 39.8 Å². The van der Waals surface area contributed by atoms with Gasteiger partial charge in [-0.15, -0.1) is 5.10 Å². The van der Waals surface area contributed by atoms with Gasteiger partial charge in [-0.1, -0.05) is 11.8 Å². The molecule has 0 radical (unpaired) electrons. The molecule has 0 unspecified atom stereocenters. The van der Waals surface area contributed by atoms with E-state index in [1.807, 2.05) is 36.1 Å². The molecule has 1 aliphatic rings. The van der Waals surface area contributed by atoms with Crippen molar-refractivity contribution in [1.82, 2.24) is 25.1 Å². The Bertz CT molecular complexity index is 727. The molecule has 2 heterocycles. The second-order valence-electron chi connectivity index (χ2n) is 6.26. The zero-order valence-electron chi connectivity index (χ0n) is 15.4. The van der Waals surface area contributed by atoms with Crippen LogP contribution in [0.5, 0.6) is 5.75 Å². The number of piperazine rings is 1. The third kappa shape index (κ3) is 4.16. The molecular formula is C17H25N6O2S+. The SMILES string of the molecule is CC[NH+]1CCN(C(=O)[C@@H](C)Sc2nnnn2-c2ccc(OC)cc2)CC1. The van der Waals surface area contributed by atoms with E-state index >= 15 is 0 Å². The fourth-order valence-electron chi connectivity index (χ4n) is 3.00. The van der Waals surface area contributed by atoms with E-state index in [0.717, 1.165) is 44.2 Å². The smallest absolute Gasteiger partial charge is 0.236 e. The monoisotopic (exact) mass is 377 g/mol. The van der Waals surface area contributed by atoms with Crippen LogP contribution >= 0.6 is 11.8 Å². The Balaban J connectivity index is 1.65. The molecule has 140 valence electrons. The Morgan fingerprint density at radius 1 is 1.31 bits per heavy atom. The minimum atomic E-state index is -0.235. The molecule has 8 nitrogen and oxygen atoms in total. The predicted octanol–water partition coefficient (Wildman–Crippen LogP) is -0.101. The number of nitrogens with zero attached hydrogens (tertiary/aromatic N) is 5. The minimum Gasteiger partial charge on any atom is -0.497 e. The van der Waals surface area contributed by atoms with Crippen molar-refractivity contribution >= 4 is 17.7 Å². The Kier molecular flexibility index (Phi) is 6.10. The molecule has 1 aromatic carbocycles. The van der Waals surface area contributed by atoms with Crippen molar-refractivity contribution in [3.63, 3.8) is 0 Å². The van der Waals surface area contributed by atoms with E-state index in [2.05, 4.69) is 22.4 Å². The fraction of sp³-hybridized carbons (Fsp3) is 0.529. The summed E-state index contributed by atoms with van der Waals surface area (Å²) in [6.45, 7) is 8.88. The summed E-state index contributed by atoms with van der Waals surface area (Å²) in [6, 6.07) is 7.49. The van der Waals surface area contributed by atoms with Gasteiger partial charge in [0.15, 0.2) is 0 Å². The number of benzene rings is 1. The summed E-state index contributed by atoms with van der Waals surface area (Å²) in [4.78, 5) is 16.3. The van der Waals surface area contributed by atoms with Gasteiger partial charge in [-0.05, 0) is 48.5 Å². The van der Waals surface area contributed by atoms with Gasteiger partial charge in [-0.2, -0.15) is 4.68 Å². The third-order valence-electron chi connectivity index (χ3n) is 4.67. The summed E-state index contributed by atoms with van der Waals surface area (Å²) in [5.41, 5.74) is 0.832. The van der Waals surface area contributed by atoms with Crippen molar-refractivity contribution in [1.29, 1.82) is 0 Å². The molecule has 1 N–H and O–H groups in total. The summed E-state index contributed by atoms with van der Waals surface area (Å²) in [5.74, 6) is 0.919. The lowest BCUT2D eigenvalue weighted by atomic mass is 10.3. The van der Waals surface area contributed by atoms with Crippen LogP contribution in [-0.4, -0.2) is 76.1 Å². The number of thioether (sulfide) groups is 1. The number of carbonyl (C=O) groups excluding carboxylic acids is 1. The number of likely N-dealkylation sites (N-methyl/N-ethyl adjacent to an activating group) is 1. The van der Waals surface area contributed by atoms with Gasteiger partial charge in [0.1, 0.15) is 5.75 Å². The normalized spacial score (nSPS) is 16.5. The molecule has 1 aromatic heterocycles. The first-order valence-corrected chi connectivity index (χ1v) is 9.72. The van der Waals surface area contributed by atoms with E-state index in [9.17, 15) is 4.79 Å². The maximum Gasteiger partial charge on any atom is 0.236 e. The van der Waals surface area contributed by atoms with Crippen molar-refractivity contribution in [3.8, 4) is 11.4 Å². The molecule has 0 saturated carbocycles. The van der Waals surface area contributed by atoms with Gasteiger partial charge in [-0.3, -0.25) is 4.79 Å². The number of quaternary nitrogens is 1. The molecule has 1 aliphatic heterocycles. The molecule has 1 fully saturated rings. The molecule has 0 aliphatic carbocycles. The van der Waals surface area contributed by atoms with E-state index in [-0.39, 0.29) is 11.2 Å². The van der Waals surface area contributed by atoms with Crippen LogP contribution in [0.4, 0.5) is 0 Å². The van der Waals surface area contributed by atoms with Crippen LogP contribution in [0, 0.1) is 0 Å². The maximum absolute atomic E-state index is 12.8. The number of nitrogens with one attached hydrogen (secondary N) is 1. The fourth-order valence-corrected chi connectivity index (χ4v) is 3.89. The molecule has 1 saturated heterocycles. The molecule has 1 atom stereocenters. The van der Waals surface area contributed by atoms with Gasteiger partial charge in [0, 0.05) is 0 Å². The van der Waals surface area contributed by atoms with E-state index in [0.29, 0.717) is 5.16 Å². The van der Waals surface area contributed by atoms with Crippen molar-refractivity contribution in [2.45, 2.75) is 24.3 Å². The number of methoxy groups -OCH3 is 1. The molecular weight excluding hydrogens is 352 g/mol. The summed E-state index contributed by atoms with van der Waals surface area (Å²) < 4.78 is 6.82. The van der Waals surface area contributed by atoms with Gasteiger partial charge < -0.3 is 14.5 Å². The molecule has 0 bridgehead atoms. The van der Waals surface area contributed by atoms with Gasteiger partial charge in [-0.25, -0.2) is 0 Å². The van der Waals surface area contributed by atoms with Crippen LogP contribution in [0.1, 0.15) is 13.8 Å². The lowest BCUT2D eigenvalue weighted by molar-refractivity contribution is -0.902. The Morgan fingerprint density at radius 2 is 2.00 bits per heavy atom. The quantitative estimate of drug-likeness (QED) is 0.709. The van der Waals surface area contributed by atoms with Crippen LogP contribution in [0.15, 0.2) is 29.4 Å². The highest BCUT2D eigenvalue weighted by Crippen LogP contribution is 2.25. The van der Waals surface area contributed by atoms with Crippen molar-refractivity contribution in [3.05, 3.63) is 24.3 Å². The number of carbonyl (C=O) groups is 1. The summed E-state index contributed by atoms with van der Waals surface area (Å²) in [6.07, 6.45) is 0. The van der Waals surface area contributed by atoms with Crippen LogP contribution in [-0.2, 0) is 4.79 Å². The largest absolute Gasteiger partial charge is 0.497 e. The second kappa shape index (κ2) is 8.50. The van der Waals surface area contributed by atoms with Gasteiger partial charge >= 0.3 is 0 Å². The van der Waals surface area contributed by atoms with Gasteiger partial charge in [0.25, 0.3) is 0 Å². The predicted molar refractivity (Wildman–Crippen MR) is 98.8 cm³/mol. The maximum atomic E-state index is 12.8. The van der Waals surface area contributed by atoms with E-state index < -0.39 is 0 Å². The molecule has 9 heteroatoms. The van der Waals surface area contributed by atoms with Crippen molar-refractivity contribution in [2.24, 2.45) is 0 Å². The number of hydrogen-bond donors (Lipinski definition) is 1. The number of hydrogen-bond acceptors (Lipinski definition) is 6. The number of amides is 1. The third-order valence-corrected chi connectivity index (χ3v) is 5.69. The standard InChI is InChI=1S/C17H24N6O2S/c1-4-21-9-11-22(12-10-21)16(24)13(2)26-17-18-19-20-23(17)14-5-7-15(25-3)8-6-14/h5-8,13H,4,9-12H2,1-3H3/p+1/t13-/m1/s1. The molecule has 26 heavy (non-hydrogen) atoms. The zero-order valence-corrected chi connectivity index (χ0v) is 16.2. The lowest BCUT2D eigenvalue weighted by Crippen LogP contribution is -3.14. The molecule has 1 amide bonds. The minimum absolute atomic E-state index is 0.148. The Morgan fingerprint density at radius 3 is 2.62 bits per heavy atom. The van der Waals surface area contributed by atoms with Gasteiger partial charge in [0.2, 0.25) is 11.1 Å². The average molecular weight is 377 g/mol.